The number of para-hydroxylation sites is 1. The maximum atomic E-state index is 13.3. The molecule has 0 N–H and O–H groups in total. The van der Waals surface area contributed by atoms with E-state index in [1.807, 2.05) is 35.0 Å². The molecule has 1 aliphatic rings. The van der Waals surface area contributed by atoms with Crippen molar-refractivity contribution in [1.29, 1.82) is 0 Å². The molecule has 0 aliphatic carbocycles. The van der Waals surface area contributed by atoms with E-state index in [-0.39, 0.29) is 0 Å². The molecular formula is C26H15ClN4O4S. The lowest BCUT2D eigenvalue weighted by Gasteiger charge is -2.26. The summed E-state index contributed by atoms with van der Waals surface area (Å²) in [6.07, 6.45) is 1.55. The Bertz CT molecular complexity index is 1860. The maximum absolute atomic E-state index is 13.3. The smallest absolute Gasteiger partial charge is 0.344 e. The van der Waals surface area contributed by atoms with Gasteiger partial charge in [-0.1, -0.05) is 23.7 Å². The minimum absolute atomic E-state index is 0.360. The number of ether oxygens (including phenoxy) is 2. The molecule has 176 valence electrons. The Hall–Kier alpha value is -4.21. The van der Waals surface area contributed by atoms with Crippen molar-refractivity contribution in [2.45, 2.75) is 5.92 Å². The third kappa shape index (κ3) is 3.06. The average molecular weight is 515 g/mol. The molecule has 0 radical (unpaired) electrons. The fraction of sp³-hybridized carbons (Fsp3) is 0.0769. The minimum Gasteiger partial charge on any atom is -0.496 e. The Balaban J connectivity index is 1.53. The molecule has 0 fully saturated rings. The third-order valence-corrected chi connectivity index (χ3v) is 7.18. The summed E-state index contributed by atoms with van der Waals surface area (Å²) < 4.78 is 19.1. The summed E-state index contributed by atoms with van der Waals surface area (Å²) in [5.41, 5.74) is 3.07. The molecule has 1 atom stereocenters. The van der Waals surface area contributed by atoms with Gasteiger partial charge in [0.15, 0.2) is 17.2 Å². The highest BCUT2D eigenvalue weighted by molar-refractivity contribution is 7.08. The Morgan fingerprint density at radius 3 is 2.86 bits per heavy atom. The summed E-state index contributed by atoms with van der Waals surface area (Å²) in [6.45, 7) is 0. The molecule has 5 heterocycles. The monoisotopic (exact) mass is 514 g/mol. The van der Waals surface area contributed by atoms with Gasteiger partial charge in [-0.25, -0.2) is 19.3 Å². The van der Waals surface area contributed by atoms with Gasteiger partial charge in [0.25, 0.3) is 0 Å². The molecule has 8 nitrogen and oxygen atoms in total. The Morgan fingerprint density at radius 2 is 2.03 bits per heavy atom. The molecule has 2 aromatic carbocycles. The predicted octanol–water partition coefficient (Wildman–Crippen LogP) is 5.91. The van der Waals surface area contributed by atoms with Crippen LogP contribution >= 0.6 is 22.9 Å². The predicted molar refractivity (Wildman–Crippen MR) is 136 cm³/mol. The van der Waals surface area contributed by atoms with E-state index in [9.17, 15) is 4.79 Å². The van der Waals surface area contributed by atoms with Gasteiger partial charge in [-0.15, -0.1) is 5.10 Å². The summed E-state index contributed by atoms with van der Waals surface area (Å²) >= 11 is 7.79. The lowest BCUT2D eigenvalue weighted by atomic mass is 9.85. The molecule has 10 heteroatoms. The van der Waals surface area contributed by atoms with Crippen molar-refractivity contribution >= 4 is 39.6 Å². The Kier molecular flexibility index (Phi) is 4.63. The lowest BCUT2D eigenvalue weighted by Crippen LogP contribution is -2.22. The molecule has 7 rings (SSSR count). The number of nitrogens with zero attached hydrogens (tertiary/aromatic N) is 4. The van der Waals surface area contributed by atoms with Gasteiger partial charge < -0.3 is 13.9 Å². The van der Waals surface area contributed by atoms with Crippen LogP contribution in [0.25, 0.3) is 28.0 Å². The highest BCUT2D eigenvalue weighted by Crippen LogP contribution is 2.49. The van der Waals surface area contributed by atoms with Crippen LogP contribution in [-0.2, 0) is 0 Å². The summed E-state index contributed by atoms with van der Waals surface area (Å²) in [5, 5.41) is 9.83. The zero-order valence-electron chi connectivity index (χ0n) is 18.6. The first-order valence-corrected chi connectivity index (χ1v) is 12.3. The fourth-order valence-electron chi connectivity index (χ4n) is 4.67. The number of hydrogen-bond donors (Lipinski definition) is 0. The largest absolute Gasteiger partial charge is 0.496 e. The van der Waals surface area contributed by atoms with E-state index in [2.05, 4.69) is 10.1 Å². The summed E-state index contributed by atoms with van der Waals surface area (Å²) in [4.78, 5) is 22.7. The normalized spacial score (nSPS) is 14.4. The maximum Gasteiger partial charge on any atom is 0.344 e. The number of halogens is 1. The van der Waals surface area contributed by atoms with E-state index >= 15 is 0 Å². The topological polar surface area (TPSA) is 91.8 Å². The minimum atomic E-state index is -0.509. The van der Waals surface area contributed by atoms with Gasteiger partial charge in [0, 0.05) is 5.02 Å². The first-order chi connectivity index (χ1) is 17.6. The summed E-state index contributed by atoms with van der Waals surface area (Å²) in [6, 6.07) is 14.5. The van der Waals surface area contributed by atoms with Gasteiger partial charge in [-0.3, -0.25) is 0 Å². The molecular weight excluding hydrogens is 500 g/mol. The van der Waals surface area contributed by atoms with Gasteiger partial charge in [0.05, 0.1) is 35.1 Å². The van der Waals surface area contributed by atoms with E-state index in [1.54, 1.807) is 42.2 Å². The number of benzene rings is 2. The van der Waals surface area contributed by atoms with Crippen molar-refractivity contribution in [3.63, 3.8) is 0 Å². The number of rotatable bonds is 3. The molecule has 1 unspecified atom stereocenters. The van der Waals surface area contributed by atoms with Crippen LogP contribution in [0, 0.1) is 0 Å². The van der Waals surface area contributed by atoms with Crippen LogP contribution in [0.5, 0.6) is 17.4 Å². The van der Waals surface area contributed by atoms with E-state index in [0.717, 1.165) is 5.56 Å². The van der Waals surface area contributed by atoms with E-state index in [4.69, 9.17) is 30.5 Å². The van der Waals surface area contributed by atoms with E-state index in [0.29, 0.717) is 61.5 Å². The molecule has 4 aromatic heterocycles. The van der Waals surface area contributed by atoms with Crippen LogP contribution in [0.4, 0.5) is 0 Å². The van der Waals surface area contributed by atoms with Gasteiger partial charge in [-0.05, 0) is 52.7 Å². The molecule has 36 heavy (non-hydrogen) atoms. The SMILES string of the molecule is COc1ccc(Cl)cc1-c1nc2c3c(ncn2n1)Oc1c(c(=O)oc2ccccc12)C3c1ccsc1. The molecule has 6 aromatic rings. The molecule has 1 aliphatic heterocycles. The molecule has 0 saturated carbocycles. The van der Waals surface area contributed by atoms with Crippen molar-refractivity contribution in [2.24, 2.45) is 0 Å². The van der Waals surface area contributed by atoms with E-state index < -0.39 is 11.5 Å². The zero-order valence-corrected chi connectivity index (χ0v) is 20.2. The lowest BCUT2D eigenvalue weighted by molar-refractivity contribution is 0.416. The van der Waals surface area contributed by atoms with Crippen molar-refractivity contribution in [1.82, 2.24) is 19.6 Å². The number of thiophene rings is 1. The van der Waals surface area contributed by atoms with Crippen molar-refractivity contribution < 1.29 is 13.9 Å². The third-order valence-electron chi connectivity index (χ3n) is 6.24. The average Bonchev–Trinajstić information content (AvgIpc) is 3.58. The second kappa shape index (κ2) is 7.91. The number of aromatic nitrogens is 4. The van der Waals surface area contributed by atoms with Gasteiger partial charge >= 0.3 is 5.63 Å². The van der Waals surface area contributed by atoms with Crippen molar-refractivity contribution in [2.75, 3.05) is 7.11 Å². The highest BCUT2D eigenvalue weighted by atomic mass is 35.5. The van der Waals surface area contributed by atoms with Crippen molar-refractivity contribution in [3.05, 3.63) is 97.8 Å². The van der Waals surface area contributed by atoms with Crippen LogP contribution in [0.1, 0.15) is 22.6 Å². The van der Waals surface area contributed by atoms with E-state index in [1.165, 1.54) is 11.3 Å². The zero-order chi connectivity index (χ0) is 24.4. The number of methoxy groups -OCH3 is 1. The quantitative estimate of drug-likeness (QED) is 0.271. The second-order valence-electron chi connectivity index (χ2n) is 8.23. The Morgan fingerprint density at radius 1 is 1.14 bits per heavy atom. The van der Waals surface area contributed by atoms with Gasteiger partial charge in [0.2, 0.25) is 5.88 Å². The second-order valence-corrected chi connectivity index (χ2v) is 9.45. The van der Waals surface area contributed by atoms with Gasteiger partial charge in [-0.2, -0.15) is 11.3 Å². The summed E-state index contributed by atoms with van der Waals surface area (Å²) in [5.74, 6) is 1.29. The van der Waals surface area contributed by atoms with Crippen LogP contribution in [0.2, 0.25) is 5.02 Å². The van der Waals surface area contributed by atoms with Crippen LogP contribution in [0.3, 0.4) is 0 Å². The molecule has 0 spiro atoms. The first-order valence-electron chi connectivity index (χ1n) is 11.0. The van der Waals surface area contributed by atoms with Crippen LogP contribution in [0.15, 0.2) is 74.8 Å². The molecule has 0 saturated heterocycles. The van der Waals surface area contributed by atoms with Crippen LogP contribution < -0.4 is 15.1 Å². The fourth-order valence-corrected chi connectivity index (χ4v) is 5.53. The Labute approximate surface area is 212 Å². The highest BCUT2D eigenvalue weighted by Gasteiger charge is 2.37. The van der Waals surface area contributed by atoms with Crippen molar-refractivity contribution in [3.8, 4) is 28.8 Å². The molecule has 0 bridgehead atoms. The first kappa shape index (κ1) is 21.1. The number of fused-ring (bicyclic) bond motifs is 6. The molecule has 0 amide bonds. The van der Waals surface area contributed by atoms with Crippen LogP contribution in [-0.4, -0.2) is 26.7 Å². The standard InChI is InChI=1S/C26H15ClN4O4S/c1-33-17-7-6-14(27)10-16(17)23-29-24-21-19(13-8-9-36-11-13)20-22(35-25(21)28-12-31(24)30-23)15-4-2-3-5-18(15)34-26(20)32/h2-12,19H,1H3. The van der Waals surface area contributed by atoms with Gasteiger partial charge in [0.1, 0.15) is 17.7 Å². The summed E-state index contributed by atoms with van der Waals surface area (Å²) in [7, 11) is 1.58. The number of hydrogen-bond acceptors (Lipinski definition) is 8.